The molecule has 23 heavy (non-hydrogen) atoms. The number of rotatable bonds is 5. The number of carbonyl (C=O) groups excluding carboxylic acids is 1. The van der Waals surface area contributed by atoms with Gasteiger partial charge in [-0.05, 0) is 32.2 Å². The van der Waals surface area contributed by atoms with Gasteiger partial charge in [0.1, 0.15) is 0 Å². The number of carbonyl (C=O) groups is 1. The van der Waals surface area contributed by atoms with Gasteiger partial charge in [0.05, 0.1) is 12.2 Å². The minimum absolute atomic E-state index is 0.0250. The SMILES string of the molecule is Cc1cc(CN(C)CC2(O)CCCN(CC(C)(C)C)C2=O)on1. The smallest absolute Gasteiger partial charge is 0.255 e. The van der Waals surface area contributed by atoms with Crippen molar-refractivity contribution >= 4 is 5.91 Å². The first kappa shape index (κ1) is 17.9. The van der Waals surface area contributed by atoms with Crippen molar-refractivity contribution in [1.82, 2.24) is 15.0 Å². The predicted molar refractivity (Wildman–Crippen MR) is 87.8 cm³/mol. The minimum atomic E-state index is -1.31. The molecule has 1 unspecified atom stereocenters. The molecule has 130 valence electrons. The van der Waals surface area contributed by atoms with Crippen LogP contribution in [0.3, 0.4) is 0 Å². The van der Waals surface area contributed by atoms with E-state index < -0.39 is 5.60 Å². The van der Waals surface area contributed by atoms with Crippen LogP contribution in [0.2, 0.25) is 0 Å². The van der Waals surface area contributed by atoms with Gasteiger partial charge in [-0.1, -0.05) is 25.9 Å². The maximum absolute atomic E-state index is 12.7. The molecule has 0 aromatic carbocycles. The zero-order chi connectivity index (χ0) is 17.3. The second-order valence-electron chi connectivity index (χ2n) is 8.03. The van der Waals surface area contributed by atoms with Gasteiger partial charge < -0.3 is 14.5 Å². The minimum Gasteiger partial charge on any atom is -0.379 e. The monoisotopic (exact) mass is 323 g/mol. The first-order chi connectivity index (χ1) is 10.6. The van der Waals surface area contributed by atoms with E-state index in [1.807, 2.05) is 24.9 Å². The van der Waals surface area contributed by atoms with Crippen molar-refractivity contribution in [2.75, 3.05) is 26.7 Å². The van der Waals surface area contributed by atoms with E-state index in [2.05, 4.69) is 25.9 Å². The van der Waals surface area contributed by atoms with Crippen LogP contribution in [0, 0.1) is 12.3 Å². The molecule has 6 heteroatoms. The number of hydrogen-bond acceptors (Lipinski definition) is 5. The third kappa shape index (κ3) is 4.78. The molecular weight excluding hydrogens is 294 g/mol. The van der Waals surface area contributed by atoms with Gasteiger partial charge in [0.25, 0.3) is 5.91 Å². The van der Waals surface area contributed by atoms with Gasteiger partial charge in [-0.15, -0.1) is 0 Å². The standard InChI is InChI=1S/C17H29N3O3/c1-13-9-14(23-18-13)10-19(5)12-17(22)7-6-8-20(15(17)21)11-16(2,3)4/h9,22H,6-8,10-12H2,1-5H3. The molecule has 0 aliphatic carbocycles. The number of likely N-dealkylation sites (tertiary alicyclic amines) is 1. The molecule has 6 nitrogen and oxygen atoms in total. The second-order valence-corrected chi connectivity index (χ2v) is 8.03. The molecule has 1 aromatic heterocycles. The molecule has 1 aromatic rings. The average molecular weight is 323 g/mol. The summed E-state index contributed by atoms with van der Waals surface area (Å²) in [6, 6.07) is 1.87. The summed E-state index contributed by atoms with van der Waals surface area (Å²) in [5, 5.41) is 14.7. The zero-order valence-electron chi connectivity index (χ0n) is 14.9. The first-order valence-corrected chi connectivity index (χ1v) is 8.22. The van der Waals surface area contributed by atoms with Gasteiger partial charge in [0.15, 0.2) is 11.4 Å². The Bertz CT molecular complexity index is 550. The Morgan fingerprint density at radius 2 is 2.17 bits per heavy atom. The third-order valence-electron chi connectivity index (χ3n) is 4.00. The summed E-state index contributed by atoms with van der Waals surface area (Å²) in [5.41, 5.74) is -0.456. The third-order valence-corrected chi connectivity index (χ3v) is 4.00. The lowest BCUT2D eigenvalue weighted by Crippen LogP contribution is -2.59. The van der Waals surface area contributed by atoms with E-state index in [0.29, 0.717) is 26.1 Å². The molecule has 0 bridgehead atoms. The van der Waals surface area contributed by atoms with E-state index in [4.69, 9.17) is 4.52 Å². The van der Waals surface area contributed by atoms with Gasteiger partial charge >= 0.3 is 0 Å². The van der Waals surface area contributed by atoms with Crippen LogP contribution in [0.5, 0.6) is 0 Å². The summed E-state index contributed by atoms with van der Waals surface area (Å²) >= 11 is 0. The molecule has 1 aliphatic rings. The molecule has 1 atom stereocenters. The van der Waals surface area contributed by atoms with E-state index >= 15 is 0 Å². The Morgan fingerprint density at radius 3 is 2.74 bits per heavy atom. The Labute approximate surface area is 138 Å². The number of piperidine rings is 1. The number of aliphatic hydroxyl groups is 1. The summed E-state index contributed by atoms with van der Waals surface area (Å²) in [5.74, 6) is 0.586. The lowest BCUT2D eigenvalue weighted by atomic mass is 9.88. The molecule has 1 aliphatic heterocycles. The highest BCUT2D eigenvalue weighted by Crippen LogP contribution is 2.27. The molecule has 0 spiro atoms. The van der Waals surface area contributed by atoms with Gasteiger partial charge in [-0.25, -0.2) is 0 Å². The van der Waals surface area contributed by atoms with Crippen molar-refractivity contribution in [1.29, 1.82) is 0 Å². The summed E-state index contributed by atoms with van der Waals surface area (Å²) in [6.45, 7) is 10.4. The van der Waals surface area contributed by atoms with E-state index in [9.17, 15) is 9.90 Å². The van der Waals surface area contributed by atoms with E-state index in [-0.39, 0.29) is 11.3 Å². The Morgan fingerprint density at radius 1 is 1.48 bits per heavy atom. The number of hydrogen-bond donors (Lipinski definition) is 1. The predicted octanol–water partition coefficient (Wildman–Crippen LogP) is 1.81. The molecular formula is C17H29N3O3. The van der Waals surface area contributed by atoms with Crippen LogP contribution in [0.1, 0.15) is 45.1 Å². The van der Waals surface area contributed by atoms with Crippen LogP contribution in [-0.4, -0.2) is 58.3 Å². The second kappa shape index (κ2) is 6.61. The largest absolute Gasteiger partial charge is 0.379 e. The van der Waals surface area contributed by atoms with Gasteiger partial charge in [-0.2, -0.15) is 0 Å². The maximum atomic E-state index is 12.7. The molecule has 0 saturated carbocycles. The lowest BCUT2D eigenvalue weighted by molar-refractivity contribution is -0.160. The quantitative estimate of drug-likeness (QED) is 0.895. The number of likely N-dealkylation sites (N-methyl/N-ethyl adjacent to an activating group) is 1. The highest BCUT2D eigenvalue weighted by atomic mass is 16.5. The van der Waals surface area contributed by atoms with Crippen LogP contribution < -0.4 is 0 Å². The van der Waals surface area contributed by atoms with Gasteiger partial charge in [0.2, 0.25) is 0 Å². The highest BCUT2D eigenvalue weighted by molar-refractivity contribution is 5.86. The number of aromatic nitrogens is 1. The van der Waals surface area contributed by atoms with Crippen molar-refractivity contribution < 1.29 is 14.4 Å². The normalized spacial score (nSPS) is 22.9. The van der Waals surface area contributed by atoms with Crippen molar-refractivity contribution in [3.05, 3.63) is 17.5 Å². The molecule has 1 saturated heterocycles. The van der Waals surface area contributed by atoms with E-state index in [1.165, 1.54) is 0 Å². The Balaban J connectivity index is 2.00. The van der Waals surface area contributed by atoms with Crippen LogP contribution in [-0.2, 0) is 11.3 Å². The van der Waals surface area contributed by atoms with Crippen molar-refractivity contribution in [2.45, 2.75) is 52.7 Å². The average Bonchev–Trinajstić information content (AvgIpc) is 2.79. The summed E-state index contributed by atoms with van der Waals surface area (Å²) < 4.78 is 5.20. The molecule has 1 fully saturated rings. The topological polar surface area (TPSA) is 69.8 Å². The number of amides is 1. The van der Waals surface area contributed by atoms with Crippen LogP contribution >= 0.6 is 0 Å². The number of nitrogens with zero attached hydrogens (tertiary/aromatic N) is 3. The highest BCUT2D eigenvalue weighted by Gasteiger charge is 2.43. The van der Waals surface area contributed by atoms with Crippen LogP contribution in [0.15, 0.2) is 10.6 Å². The summed E-state index contributed by atoms with van der Waals surface area (Å²) in [7, 11) is 1.88. The fourth-order valence-electron chi connectivity index (χ4n) is 3.19. The van der Waals surface area contributed by atoms with E-state index in [0.717, 1.165) is 24.4 Å². The first-order valence-electron chi connectivity index (χ1n) is 8.22. The van der Waals surface area contributed by atoms with E-state index in [1.54, 1.807) is 4.90 Å². The Kier molecular flexibility index (Phi) is 5.16. The summed E-state index contributed by atoms with van der Waals surface area (Å²) in [4.78, 5) is 16.4. The summed E-state index contributed by atoms with van der Waals surface area (Å²) in [6.07, 6.45) is 1.33. The maximum Gasteiger partial charge on any atom is 0.255 e. The zero-order valence-corrected chi connectivity index (χ0v) is 14.9. The number of aryl methyl sites for hydroxylation is 1. The van der Waals surface area contributed by atoms with Crippen LogP contribution in [0.4, 0.5) is 0 Å². The van der Waals surface area contributed by atoms with Crippen molar-refractivity contribution in [2.24, 2.45) is 5.41 Å². The molecule has 0 radical (unpaired) electrons. The lowest BCUT2D eigenvalue weighted by Gasteiger charge is -2.42. The van der Waals surface area contributed by atoms with Crippen molar-refractivity contribution in [3.8, 4) is 0 Å². The van der Waals surface area contributed by atoms with Gasteiger partial charge in [0, 0.05) is 25.7 Å². The molecule has 2 rings (SSSR count). The fraction of sp³-hybridized carbons (Fsp3) is 0.765. The molecule has 2 heterocycles. The Hall–Kier alpha value is -1.40. The van der Waals surface area contributed by atoms with Crippen molar-refractivity contribution in [3.63, 3.8) is 0 Å². The fourth-order valence-corrected chi connectivity index (χ4v) is 3.19. The van der Waals surface area contributed by atoms with Gasteiger partial charge in [-0.3, -0.25) is 9.69 Å². The molecule has 1 N–H and O–H groups in total. The van der Waals surface area contributed by atoms with Crippen LogP contribution in [0.25, 0.3) is 0 Å². The molecule has 1 amide bonds.